The average molecular weight is 2000 g/mol. The molecule has 7 aromatic carbocycles. The molecule has 2 saturated heterocycles. The van der Waals surface area contributed by atoms with E-state index in [4.69, 9.17) is 33.2 Å². The molecule has 7 aromatic rings. The van der Waals surface area contributed by atoms with Crippen molar-refractivity contribution >= 4 is 194 Å². The molecule has 20 rings (SSSR count). The molecule has 0 saturated carbocycles. The van der Waals surface area contributed by atoms with Crippen molar-refractivity contribution < 1.29 is 17.6 Å². The van der Waals surface area contributed by atoms with E-state index in [1.807, 2.05) is 184 Å². The number of rotatable bonds is 11. The lowest BCUT2D eigenvalue weighted by molar-refractivity contribution is 0.484. The second-order valence-corrected chi connectivity index (χ2v) is 43.9. The van der Waals surface area contributed by atoms with Gasteiger partial charge in [-0.3, -0.25) is 0 Å². The first-order chi connectivity index (χ1) is 65.4. The minimum atomic E-state index is -0.593. The Morgan fingerprint density at radius 2 is 0.723 bits per heavy atom. The lowest BCUT2D eigenvalue weighted by atomic mass is 10.1. The van der Waals surface area contributed by atoms with Gasteiger partial charge in [-0.2, -0.15) is 0 Å². The fraction of sp³-hybridized carbons (Fsp3) is 0.327. The highest BCUT2D eigenvalue weighted by Gasteiger charge is 2.27. The predicted octanol–water partition coefficient (Wildman–Crippen LogP) is 21.5. The third kappa shape index (κ3) is 22.4. The molecule has 18 nitrogen and oxygen atoms in total. The van der Waals surface area contributed by atoms with Crippen molar-refractivity contribution in [2.75, 3.05) is 207 Å². The van der Waals surface area contributed by atoms with Crippen molar-refractivity contribution in [3.8, 4) is 52.9 Å². The van der Waals surface area contributed by atoms with E-state index in [2.05, 4.69) is 229 Å². The van der Waals surface area contributed by atoms with Crippen molar-refractivity contribution in [3.05, 3.63) is 240 Å². The Morgan fingerprint density at radius 3 is 1.20 bits per heavy atom. The molecule has 13 aliphatic rings. The molecule has 1 N–H and O–H groups in total. The highest BCUT2D eigenvalue weighted by atomic mass is 35.5. The Bertz CT molecular complexity index is 7270. The zero-order valence-corrected chi connectivity index (χ0v) is 88.8. The summed E-state index contributed by atoms with van der Waals surface area (Å²) in [7, 11) is 39.8. The number of alkyl halides is 2. The first-order valence-corrected chi connectivity index (χ1v) is 51.5. The van der Waals surface area contributed by atoms with Gasteiger partial charge in [-0.15, -0.1) is 56.7 Å². The van der Waals surface area contributed by atoms with Crippen LogP contribution in [0.4, 0.5) is 68.7 Å². The van der Waals surface area contributed by atoms with Crippen LogP contribution in [0, 0.1) is 18.6 Å². The minimum Gasteiger partial charge on any atom is -0.378 e. The lowest BCUT2D eigenvalue weighted by Crippen LogP contribution is -2.22. The molecule has 8 aliphatic heterocycles. The number of hydrogen-bond donors (Lipinski definition) is 1. The average Bonchev–Trinajstić information content (AvgIpc) is 1.73. The molecule has 0 atom stereocenters. The summed E-state index contributed by atoms with van der Waals surface area (Å²) in [6.07, 6.45) is 7.30. The molecule has 0 unspecified atom stereocenters. The zero-order chi connectivity index (χ0) is 98.0. The van der Waals surface area contributed by atoms with Crippen LogP contribution < -0.4 is 89.3 Å². The fourth-order valence-electron chi connectivity index (χ4n) is 16.5. The molecule has 8 heterocycles. The standard InChI is InChI=1S/C20H23N3S.C20H26N3S.C18H20F2N3S.C17H20N3S.C16H16Cl2N3S.C16H16F2N3S/c1-2-10-22(9-1)15-5-7-17-19(13-15)24-20-14-16(6-8-18(20)21-17)23-11-3-4-12-23;1-7-13-9-15(22(3)4)11-17-19(13)21-20-14(8-2)10-16(23(5)6)12-18(20)24-17;1-22(2)13-5-11(9-19)17-15(7-13)24-16-8-14(23(3)4)6-12(10-20)18(16)21-17;1-11-8-13(20(4)5)10-16-17(11)18-14-7-6-12(19(2)3)9-15(14)21-16;2*1-20(2)9-5-11(17)15-13(7-9)22-14-8-10(21(3)4)6-12(18)16(14)19-15/h5-8,13-14,21H,1-4,9-12H2;9-12H,7-8H2,1-6H3;5-8H,9-10H2,1-4H3;6-10H,1-5H3;2*5-8H,1-4H3/q;5*+1. The van der Waals surface area contributed by atoms with E-state index >= 15 is 0 Å². The largest absolute Gasteiger partial charge is 0.378 e. The summed E-state index contributed by atoms with van der Waals surface area (Å²) in [4.78, 5) is 46.4. The Hall–Kier alpha value is -11.2. The Balaban J connectivity index is 0.000000125. The number of aromatic nitrogens is 5. The molecule has 0 amide bonds. The van der Waals surface area contributed by atoms with Crippen LogP contribution in [0.2, 0.25) is 10.0 Å². The quantitative estimate of drug-likeness (QED) is 0.0753. The number of benzene rings is 12. The maximum absolute atomic E-state index is 14.3. The summed E-state index contributed by atoms with van der Waals surface area (Å²) in [5, 5.41) is 10.1. The van der Waals surface area contributed by atoms with Gasteiger partial charge in [-0.25, -0.2) is 65.4 Å². The van der Waals surface area contributed by atoms with E-state index in [1.165, 1.54) is 177 Å². The number of halogens is 6. The fourth-order valence-corrected chi connectivity index (χ4v) is 23.8. The number of hydrogen-bond acceptors (Lipinski definition) is 19. The topological polar surface area (TPSA) is 114 Å². The number of nitrogens with one attached hydrogen (secondary N) is 1. The summed E-state index contributed by atoms with van der Waals surface area (Å²) in [6, 6.07) is 55.9. The number of aryl methyl sites for hydroxylation is 3. The van der Waals surface area contributed by atoms with E-state index in [0.29, 0.717) is 42.0 Å². The van der Waals surface area contributed by atoms with Crippen LogP contribution in [0.3, 0.4) is 0 Å². The van der Waals surface area contributed by atoms with Gasteiger partial charge in [-0.05, 0) is 165 Å². The third-order valence-electron chi connectivity index (χ3n) is 24.6. The molecular formula is C107H121Cl2F4N18S6+5. The van der Waals surface area contributed by atoms with Crippen LogP contribution in [-0.4, -0.2) is 192 Å². The van der Waals surface area contributed by atoms with Crippen molar-refractivity contribution in [2.24, 2.45) is 0 Å². The van der Waals surface area contributed by atoms with Gasteiger partial charge in [0.25, 0.3) is 0 Å². The molecule has 2 fully saturated rings. The molecule has 0 spiro atoms. The van der Waals surface area contributed by atoms with E-state index < -0.39 is 25.0 Å². The van der Waals surface area contributed by atoms with Crippen LogP contribution in [0.25, 0.3) is 104 Å². The van der Waals surface area contributed by atoms with Gasteiger partial charge in [-0.1, -0.05) is 48.8 Å². The smallest absolute Gasteiger partial charge is 0.203 e. The van der Waals surface area contributed by atoms with Gasteiger partial charge in [0, 0.05) is 218 Å². The number of nitrogens with zero attached hydrogens (tertiary/aromatic N) is 17. The number of anilines is 9. The summed E-state index contributed by atoms with van der Waals surface area (Å²) in [5.74, 6) is -0.870. The van der Waals surface area contributed by atoms with Gasteiger partial charge >= 0.3 is 0 Å². The van der Waals surface area contributed by atoms with E-state index in [9.17, 15) is 17.6 Å². The predicted molar refractivity (Wildman–Crippen MR) is 585 cm³/mol. The maximum atomic E-state index is 14.3. The maximum Gasteiger partial charge on any atom is 0.203 e. The normalized spacial score (nSPS) is 12.6. The van der Waals surface area contributed by atoms with E-state index in [-0.39, 0.29) is 11.2 Å². The molecule has 5 aliphatic carbocycles. The first kappa shape index (κ1) is 100. The van der Waals surface area contributed by atoms with Crippen molar-refractivity contribution in [1.82, 2.24) is 47.8 Å². The van der Waals surface area contributed by atoms with E-state index in [0.717, 1.165) is 98.8 Å². The van der Waals surface area contributed by atoms with Crippen molar-refractivity contribution in [2.45, 2.75) is 82.4 Å². The highest BCUT2D eigenvalue weighted by Crippen LogP contribution is 2.49. The summed E-state index contributed by atoms with van der Waals surface area (Å²) < 4.78 is 70.8. The van der Waals surface area contributed by atoms with Gasteiger partial charge in [0.05, 0.1) is 108 Å². The van der Waals surface area contributed by atoms with Gasteiger partial charge in [0.1, 0.15) is 101 Å². The summed E-state index contributed by atoms with van der Waals surface area (Å²) in [5.41, 5.74) is 23.1. The van der Waals surface area contributed by atoms with Crippen LogP contribution in [0.5, 0.6) is 0 Å². The monoisotopic (exact) mass is 2000 g/mol. The van der Waals surface area contributed by atoms with E-state index in [1.54, 1.807) is 23.5 Å². The van der Waals surface area contributed by atoms with Gasteiger partial charge in [0.2, 0.25) is 26.8 Å². The Morgan fingerprint density at radius 1 is 0.343 bits per heavy atom. The van der Waals surface area contributed by atoms with Crippen molar-refractivity contribution in [1.29, 1.82) is 0 Å². The molecule has 0 bridgehead atoms. The molecular weight excluding hydrogens is 1880 g/mol. The molecule has 712 valence electrons. The Kier molecular flexibility index (Phi) is 31.5. The lowest BCUT2D eigenvalue weighted by Gasteiger charge is -2.26. The third-order valence-corrected chi connectivity index (χ3v) is 31.6. The van der Waals surface area contributed by atoms with Crippen LogP contribution in [0.15, 0.2) is 174 Å². The molecule has 137 heavy (non-hydrogen) atoms. The molecule has 30 heteroatoms. The second kappa shape index (κ2) is 43.0. The molecule has 0 radical (unpaired) electrons. The highest BCUT2D eigenvalue weighted by molar-refractivity contribution is 7.99. The van der Waals surface area contributed by atoms with Crippen LogP contribution in [-0.2, 0) is 26.2 Å². The first-order valence-electron chi connectivity index (χ1n) is 45.8. The number of fused-ring (bicyclic) bond motifs is 12. The van der Waals surface area contributed by atoms with Crippen molar-refractivity contribution in [3.63, 3.8) is 0 Å². The van der Waals surface area contributed by atoms with Crippen LogP contribution in [0.1, 0.15) is 67.3 Å². The van der Waals surface area contributed by atoms with Gasteiger partial charge in [0.15, 0.2) is 11.6 Å². The van der Waals surface area contributed by atoms with Crippen LogP contribution >= 0.6 is 91.6 Å². The second-order valence-electron chi connectivity index (χ2n) is 36.6. The summed E-state index contributed by atoms with van der Waals surface area (Å²) in [6.45, 7) is 10.2. The zero-order valence-electron chi connectivity index (χ0n) is 82.4. The molecule has 0 aromatic heterocycles. The Labute approximate surface area is 834 Å². The minimum absolute atomic E-state index is 0.208. The SMILES string of the molecule is CCc1cc(=[N+](C)C)cc2sc3cc(N(C)C)cc(CC)c3nc1-2.CN(C)c1cc(CF)c2nc3c(CF)cc(=[N+](C)C)cc-3sc2c1.CN(C)c1cc(Cl)c2nc3c(Cl)cc(=[N+](C)C)cc-3sc2c1.CN(C)c1cc(F)c2nc3c(F)cc(=[N+](C)C)cc-3sc2c1.Cc1cc(N(C)C)cc2sc3cc(=[N+](C)C)ccc-3nc12.c1cc2c(cc1N1CCCC1)Sc1cc(N3CCCC3)ccc1N2. The van der Waals surface area contributed by atoms with Gasteiger partial charge < -0.3 is 39.6 Å². The summed E-state index contributed by atoms with van der Waals surface area (Å²) >= 11 is 22.9.